The zero-order valence-electron chi connectivity index (χ0n) is 19.8. The van der Waals surface area contributed by atoms with Crippen LogP contribution in [0.15, 0.2) is 77.7 Å². The Morgan fingerprint density at radius 2 is 1.66 bits per heavy atom. The van der Waals surface area contributed by atoms with E-state index in [0.717, 1.165) is 43.2 Å². The van der Waals surface area contributed by atoms with Crippen molar-refractivity contribution in [1.82, 2.24) is 5.32 Å². The van der Waals surface area contributed by atoms with E-state index in [-0.39, 0.29) is 10.7 Å². The summed E-state index contributed by atoms with van der Waals surface area (Å²) in [6.45, 7) is 0.526. The molecule has 0 aliphatic carbocycles. The third-order valence-corrected chi connectivity index (χ3v) is 6.72. The average Bonchev–Trinajstić information content (AvgIpc) is 2.83. The van der Waals surface area contributed by atoms with Crippen LogP contribution in [0.5, 0.6) is 5.75 Å². The Morgan fingerprint density at radius 3 is 2.37 bits per heavy atom. The third kappa shape index (κ3) is 7.96. The first-order valence-corrected chi connectivity index (χ1v) is 13.4. The minimum absolute atomic E-state index is 0.0815. The van der Waals surface area contributed by atoms with Gasteiger partial charge in [0, 0.05) is 23.9 Å². The van der Waals surface area contributed by atoms with Crippen LogP contribution >= 0.6 is 0 Å². The van der Waals surface area contributed by atoms with Crippen LogP contribution in [0.2, 0.25) is 0 Å². The monoisotopic (exact) mass is 493 g/mol. The van der Waals surface area contributed by atoms with Gasteiger partial charge >= 0.3 is 6.09 Å². The second-order valence-corrected chi connectivity index (χ2v) is 10.4. The van der Waals surface area contributed by atoms with Crippen molar-refractivity contribution >= 4 is 21.8 Å². The quantitative estimate of drug-likeness (QED) is 0.199. The number of ether oxygens (including phenoxy) is 1. The molecule has 0 aliphatic rings. The van der Waals surface area contributed by atoms with Crippen molar-refractivity contribution in [2.24, 2.45) is 5.73 Å². The Balaban J connectivity index is 1.38. The molecule has 0 spiro atoms. The zero-order valence-corrected chi connectivity index (χ0v) is 20.6. The van der Waals surface area contributed by atoms with Crippen LogP contribution in [0.3, 0.4) is 0 Å². The fraction of sp³-hybridized carbons (Fsp3) is 0.259. The molecule has 3 rings (SSSR count). The second kappa shape index (κ2) is 12.2. The number of nitrogens with two attached hydrogens (primary N) is 1. The molecule has 0 aromatic heterocycles. The van der Waals surface area contributed by atoms with Gasteiger partial charge in [0.15, 0.2) is 9.84 Å². The van der Waals surface area contributed by atoms with E-state index in [2.05, 4.69) is 5.32 Å². The number of carbonyl (C=O) groups excluding carboxylic acids is 1. The Morgan fingerprint density at radius 1 is 0.943 bits per heavy atom. The van der Waals surface area contributed by atoms with Crippen molar-refractivity contribution in [3.05, 3.63) is 83.9 Å². The number of rotatable bonds is 11. The molecule has 7 nitrogen and oxygen atoms in total. The van der Waals surface area contributed by atoms with Gasteiger partial charge in [-0.1, -0.05) is 61.4 Å². The molecule has 1 amide bonds. The minimum Gasteiger partial charge on any atom is -0.410 e. The van der Waals surface area contributed by atoms with E-state index >= 15 is 0 Å². The summed E-state index contributed by atoms with van der Waals surface area (Å²) in [6.07, 6.45) is 5.50. The summed E-state index contributed by atoms with van der Waals surface area (Å²) in [4.78, 5) is 12.3. The van der Waals surface area contributed by atoms with Gasteiger partial charge in [-0.05, 0) is 54.7 Å². The molecule has 4 N–H and O–H groups in total. The van der Waals surface area contributed by atoms with E-state index in [9.17, 15) is 13.2 Å². The molecule has 0 heterocycles. The number of nitrogens with one attached hydrogen (secondary N) is 2. The van der Waals surface area contributed by atoms with E-state index in [1.807, 2.05) is 24.3 Å². The number of benzene rings is 3. The normalized spacial score (nSPS) is 11.1. The van der Waals surface area contributed by atoms with Crippen molar-refractivity contribution in [1.29, 1.82) is 5.41 Å². The van der Waals surface area contributed by atoms with E-state index < -0.39 is 15.9 Å². The summed E-state index contributed by atoms with van der Waals surface area (Å²) >= 11 is 0. The first-order valence-electron chi connectivity index (χ1n) is 11.5. The molecule has 3 aromatic carbocycles. The molecule has 0 unspecified atom stereocenters. The van der Waals surface area contributed by atoms with E-state index in [4.69, 9.17) is 15.9 Å². The summed E-state index contributed by atoms with van der Waals surface area (Å²) in [5.74, 6) is 0.467. The summed E-state index contributed by atoms with van der Waals surface area (Å²) in [7, 11) is -3.36. The number of aryl methyl sites for hydroxylation is 1. The lowest BCUT2D eigenvalue weighted by Gasteiger charge is -2.10. The van der Waals surface area contributed by atoms with Crippen LogP contribution in [0.4, 0.5) is 4.79 Å². The predicted molar refractivity (Wildman–Crippen MR) is 139 cm³/mol. The lowest BCUT2D eigenvalue weighted by molar-refractivity contribution is 0.200. The molecular weight excluding hydrogens is 462 g/mol. The fourth-order valence-corrected chi connectivity index (χ4v) is 4.68. The number of unbranched alkanes of at least 4 members (excludes halogenated alkanes) is 3. The number of amidine groups is 1. The van der Waals surface area contributed by atoms with Crippen LogP contribution in [-0.2, 0) is 16.3 Å². The van der Waals surface area contributed by atoms with Gasteiger partial charge in [-0.2, -0.15) is 0 Å². The van der Waals surface area contributed by atoms with E-state index in [0.29, 0.717) is 17.9 Å². The van der Waals surface area contributed by atoms with Gasteiger partial charge < -0.3 is 15.8 Å². The number of nitrogen functional groups attached to an aromatic ring is 1. The molecule has 184 valence electrons. The lowest BCUT2D eigenvalue weighted by atomic mass is 10.0. The molecular formula is C27H31N3O4S. The second-order valence-electron chi connectivity index (χ2n) is 8.39. The van der Waals surface area contributed by atoms with Gasteiger partial charge in [-0.15, -0.1) is 0 Å². The molecule has 0 fully saturated rings. The van der Waals surface area contributed by atoms with Gasteiger partial charge in [-0.3, -0.25) is 5.41 Å². The summed E-state index contributed by atoms with van der Waals surface area (Å²) in [5.41, 5.74) is 8.79. The summed E-state index contributed by atoms with van der Waals surface area (Å²) in [5, 5.41) is 10.3. The maximum atomic E-state index is 12.1. The van der Waals surface area contributed by atoms with Crippen molar-refractivity contribution in [2.45, 2.75) is 37.0 Å². The lowest BCUT2D eigenvalue weighted by Crippen LogP contribution is -2.27. The molecule has 8 heteroatoms. The highest BCUT2D eigenvalue weighted by Gasteiger charge is 2.14. The molecule has 0 aliphatic heterocycles. The van der Waals surface area contributed by atoms with Crippen LogP contribution in [0.1, 0.15) is 36.8 Å². The van der Waals surface area contributed by atoms with Crippen LogP contribution in [-0.4, -0.2) is 33.1 Å². The number of hydrogen-bond acceptors (Lipinski definition) is 5. The van der Waals surface area contributed by atoms with Crippen molar-refractivity contribution in [3.63, 3.8) is 0 Å². The topological polar surface area (TPSA) is 122 Å². The molecule has 0 atom stereocenters. The molecule has 0 radical (unpaired) electrons. The Labute approximate surface area is 206 Å². The molecule has 0 saturated heterocycles. The largest absolute Gasteiger partial charge is 0.412 e. The minimum atomic E-state index is -3.36. The number of sulfone groups is 1. The van der Waals surface area contributed by atoms with Crippen molar-refractivity contribution in [2.75, 3.05) is 12.8 Å². The first-order chi connectivity index (χ1) is 16.7. The van der Waals surface area contributed by atoms with Crippen molar-refractivity contribution < 1.29 is 17.9 Å². The molecule has 35 heavy (non-hydrogen) atoms. The van der Waals surface area contributed by atoms with Crippen LogP contribution in [0.25, 0.3) is 11.1 Å². The SMILES string of the molecule is CS(=O)(=O)c1ccccc1-c1ccc(OC(=O)NCCCCCCc2cccc(C(=N)N)c2)cc1. The number of carbonyl (C=O) groups is 1. The maximum Gasteiger partial charge on any atom is 0.412 e. The third-order valence-electron chi connectivity index (χ3n) is 5.56. The number of hydrogen-bond donors (Lipinski definition) is 3. The van der Waals surface area contributed by atoms with Gasteiger partial charge in [-0.25, -0.2) is 13.2 Å². The van der Waals surface area contributed by atoms with Gasteiger partial charge in [0.05, 0.1) is 4.90 Å². The zero-order chi connectivity index (χ0) is 25.3. The Kier molecular flexibility index (Phi) is 9.03. The fourth-order valence-electron chi connectivity index (χ4n) is 3.77. The Bertz CT molecular complexity index is 1270. The smallest absolute Gasteiger partial charge is 0.410 e. The van der Waals surface area contributed by atoms with Crippen LogP contribution < -0.4 is 15.8 Å². The number of amides is 1. The van der Waals surface area contributed by atoms with Gasteiger partial charge in [0.25, 0.3) is 0 Å². The van der Waals surface area contributed by atoms with Crippen LogP contribution in [0, 0.1) is 5.41 Å². The highest BCUT2D eigenvalue weighted by Crippen LogP contribution is 2.28. The van der Waals surface area contributed by atoms with Gasteiger partial charge in [0.2, 0.25) is 0 Å². The average molecular weight is 494 g/mol. The maximum absolute atomic E-state index is 12.1. The van der Waals surface area contributed by atoms with Gasteiger partial charge in [0.1, 0.15) is 11.6 Å². The van der Waals surface area contributed by atoms with Crippen molar-refractivity contribution in [3.8, 4) is 16.9 Å². The molecule has 3 aromatic rings. The van der Waals surface area contributed by atoms with E-state index in [1.54, 1.807) is 48.5 Å². The van der Waals surface area contributed by atoms with E-state index in [1.165, 1.54) is 11.8 Å². The Hall–Kier alpha value is -3.65. The standard InChI is InChI=1S/C27H31N3O4S/c1-35(32,33)25-13-6-5-12-24(25)21-14-16-23(17-15-21)34-27(31)30-18-7-3-2-4-9-20-10-8-11-22(19-20)26(28)29/h5-6,8,10-17,19H,2-4,7,9,18H2,1H3,(H3,28,29)(H,30,31). The predicted octanol–water partition coefficient (Wildman–Crippen LogP) is 4.93. The first kappa shape index (κ1) is 26.0. The highest BCUT2D eigenvalue weighted by atomic mass is 32.2. The summed E-state index contributed by atoms with van der Waals surface area (Å²) < 4.78 is 29.4. The molecule has 0 saturated carbocycles. The highest BCUT2D eigenvalue weighted by molar-refractivity contribution is 7.90. The summed E-state index contributed by atoms with van der Waals surface area (Å²) in [6, 6.07) is 21.3. The molecule has 0 bridgehead atoms.